The number of furan rings is 1. The molecule has 0 radical (unpaired) electrons. The number of hydrogen-bond acceptors (Lipinski definition) is 4. The van der Waals surface area contributed by atoms with Crippen LogP contribution in [0.25, 0.3) is 16.9 Å². The van der Waals surface area contributed by atoms with E-state index >= 15 is 0 Å². The van der Waals surface area contributed by atoms with Crippen LogP contribution < -0.4 is 10.6 Å². The van der Waals surface area contributed by atoms with Gasteiger partial charge >= 0.3 is 0 Å². The predicted molar refractivity (Wildman–Crippen MR) is 112 cm³/mol. The molecule has 2 N–H and O–H groups in total. The number of benzene rings is 2. The molecule has 30 heavy (non-hydrogen) atoms. The summed E-state index contributed by atoms with van der Waals surface area (Å²) in [5.41, 5.74) is 3.93. The van der Waals surface area contributed by atoms with E-state index in [0.717, 1.165) is 22.5 Å². The van der Waals surface area contributed by atoms with Gasteiger partial charge < -0.3 is 15.1 Å². The highest BCUT2D eigenvalue weighted by Crippen LogP contribution is 2.23. The Morgan fingerprint density at radius 2 is 1.67 bits per heavy atom. The van der Waals surface area contributed by atoms with Crippen molar-refractivity contribution in [2.45, 2.75) is 6.54 Å². The molecular formula is C23H20N4O3. The van der Waals surface area contributed by atoms with E-state index in [9.17, 15) is 9.59 Å². The standard InChI is InChI=1S/C23H20N4O3/c28-21(14-25-23(29)18-11-12-30-16-18)24-13-19-15-27(20-9-5-2-6-10-20)26-22(19)17-7-3-1-4-8-17/h1-12,15-16H,13-14H2,(H,24,28)(H,25,29). The van der Waals surface area contributed by atoms with Gasteiger partial charge in [-0.15, -0.1) is 0 Å². The Morgan fingerprint density at radius 3 is 2.37 bits per heavy atom. The highest BCUT2D eigenvalue weighted by Gasteiger charge is 2.14. The summed E-state index contributed by atoms with van der Waals surface area (Å²) in [5.74, 6) is -0.654. The van der Waals surface area contributed by atoms with Crippen LogP contribution in [0, 0.1) is 0 Å². The summed E-state index contributed by atoms with van der Waals surface area (Å²) in [6.45, 7) is 0.162. The van der Waals surface area contributed by atoms with Crippen LogP contribution >= 0.6 is 0 Å². The smallest absolute Gasteiger partial charge is 0.254 e. The summed E-state index contributed by atoms with van der Waals surface area (Å²) in [5, 5.41) is 10.1. The minimum Gasteiger partial charge on any atom is -0.472 e. The molecule has 2 amide bonds. The lowest BCUT2D eigenvalue weighted by atomic mass is 10.1. The van der Waals surface area contributed by atoms with Gasteiger partial charge in [-0.3, -0.25) is 9.59 Å². The van der Waals surface area contributed by atoms with Crippen LogP contribution in [0.2, 0.25) is 0 Å². The number of carbonyl (C=O) groups is 2. The van der Waals surface area contributed by atoms with Crippen molar-refractivity contribution < 1.29 is 14.0 Å². The van der Waals surface area contributed by atoms with E-state index in [-0.39, 0.29) is 24.9 Å². The summed E-state index contributed by atoms with van der Waals surface area (Å²) in [4.78, 5) is 24.2. The highest BCUT2D eigenvalue weighted by atomic mass is 16.3. The molecule has 2 aromatic heterocycles. The summed E-state index contributed by atoms with van der Waals surface area (Å²) in [7, 11) is 0. The van der Waals surface area contributed by atoms with Crippen molar-refractivity contribution >= 4 is 11.8 Å². The topological polar surface area (TPSA) is 89.2 Å². The van der Waals surface area contributed by atoms with E-state index in [1.54, 1.807) is 4.68 Å². The first-order chi connectivity index (χ1) is 14.7. The van der Waals surface area contributed by atoms with Crippen LogP contribution in [0.4, 0.5) is 0 Å². The zero-order valence-corrected chi connectivity index (χ0v) is 16.1. The molecule has 2 heterocycles. The Balaban J connectivity index is 1.46. The summed E-state index contributed by atoms with van der Waals surface area (Å²) in [6.07, 6.45) is 4.64. The molecule has 4 rings (SSSR count). The monoisotopic (exact) mass is 400 g/mol. The van der Waals surface area contributed by atoms with Crippen LogP contribution in [-0.2, 0) is 11.3 Å². The Labute approximate surface area is 173 Å². The van der Waals surface area contributed by atoms with Gasteiger partial charge in [0, 0.05) is 23.9 Å². The average molecular weight is 400 g/mol. The van der Waals surface area contributed by atoms with E-state index in [0.29, 0.717) is 5.56 Å². The molecule has 0 aliphatic heterocycles. The first-order valence-corrected chi connectivity index (χ1v) is 9.47. The third kappa shape index (κ3) is 4.47. The van der Waals surface area contributed by atoms with E-state index in [2.05, 4.69) is 10.6 Å². The summed E-state index contributed by atoms with van der Waals surface area (Å²) < 4.78 is 6.67. The molecule has 0 unspecified atom stereocenters. The Hall–Kier alpha value is -4.13. The zero-order chi connectivity index (χ0) is 20.8. The Bertz CT molecular complexity index is 1120. The van der Waals surface area contributed by atoms with Crippen molar-refractivity contribution in [3.05, 3.63) is 96.6 Å². The molecule has 4 aromatic rings. The van der Waals surface area contributed by atoms with E-state index in [1.165, 1.54) is 18.6 Å². The lowest BCUT2D eigenvalue weighted by Gasteiger charge is -2.06. The number of para-hydroxylation sites is 1. The van der Waals surface area contributed by atoms with Gasteiger partial charge in [0.1, 0.15) is 6.26 Å². The molecule has 0 saturated carbocycles. The molecule has 0 atom stereocenters. The number of nitrogens with one attached hydrogen (secondary N) is 2. The number of carbonyl (C=O) groups excluding carboxylic acids is 2. The van der Waals surface area contributed by atoms with Gasteiger partial charge in [-0.05, 0) is 18.2 Å². The fourth-order valence-electron chi connectivity index (χ4n) is 3.00. The quantitative estimate of drug-likeness (QED) is 0.499. The lowest BCUT2D eigenvalue weighted by molar-refractivity contribution is -0.120. The van der Waals surface area contributed by atoms with E-state index in [1.807, 2.05) is 66.9 Å². The molecule has 7 nitrogen and oxygen atoms in total. The van der Waals surface area contributed by atoms with E-state index < -0.39 is 0 Å². The highest BCUT2D eigenvalue weighted by molar-refractivity contribution is 5.96. The molecule has 0 saturated heterocycles. The first kappa shape index (κ1) is 19.2. The number of nitrogens with zero attached hydrogens (tertiary/aromatic N) is 2. The van der Waals surface area contributed by atoms with Crippen molar-refractivity contribution in [3.8, 4) is 16.9 Å². The van der Waals surface area contributed by atoms with Gasteiger partial charge in [-0.1, -0.05) is 48.5 Å². The number of hydrogen-bond donors (Lipinski definition) is 2. The molecule has 150 valence electrons. The van der Waals surface area contributed by atoms with Gasteiger partial charge in [-0.2, -0.15) is 5.10 Å². The lowest BCUT2D eigenvalue weighted by Crippen LogP contribution is -2.36. The molecule has 2 aromatic carbocycles. The van der Waals surface area contributed by atoms with Crippen molar-refractivity contribution in [3.63, 3.8) is 0 Å². The van der Waals surface area contributed by atoms with Gasteiger partial charge in [0.25, 0.3) is 5.91 Å². The third-order valence-electron chi connectivity index (χ3n) is 4.53. The molecule has 0 bridgehead atoms. The minimum absolute atomic E-state index is 0.127. The summed E-state index contributed by atoms with van der Waals surface area (Å²) in [6, 6.07) is 21.1. The van der Waals surface area contributed by atoms with Crippen LogP contribution in [0.1, 0.15) is 15.9 Å². The molecule has 0 aliphatic rings. The number of amides is 2. The fraction of sp³-hybridized carbons (Fsp3) is 0.0870. The van der Waals surface area contributed by atoms with Crippen molar-refractivity contribution in [2.24, 2.45) is 0 Å². The first-order valence-electron chi connectivity index (χ1n) is 9.47. The van der Waals surface area contributed by atoms with Gasteiger partial charge in [0.15, 0.2) is 0 Å². The Morgan fingerprint density at radius 1 is 0.933 bits per heavy atom. The molecule has 0 fully saturated rings. The maximum atomic E-state index is 12.2. The maximum absolute atomic E-state index is 12.2. The minimum atomic E-state index is -0.360. The third-order valence-corrected chi connectivity index (χ3v) is 4.53. The second-order valence-electron chi connectivity index (χ2n) is 6.62. The molecule has 7 heteroatoms. The maximum Gasteiger partial charge on any atom is 0.254 e. The largest absolute Gasteiger partial charge is 0.472 e. The molecule has 0 aliphatic carbocycles. The van der Waals surface area contributed by atoms with Gasteiger partial charge in [0.2, 0.25) is 5.91 Å². The van der Waals surface area contributed by atoms with Crippen molar-refractivity contribution in [2.75, 3.05) is 6.54 Å². The van der Waals surface area contributed by atoms with Crippen molar-refractivity contribution in [1.82, 2.24) is 20.4 Å². The van der Waals surface area contributed by atoms with Gasteiger partial charge in [-0.25, -0.2) is 4.68 Å². The number of aromatic nitrogens is 2. The second kappa shape index (κ2) is 8.91. The van der Waals surface area contributed by atoms with Crippen LogP contribution in [0.5, 0.6) is 0 Å². The van der Waals surface area contributed by atoms with Crippen LogP contribution in [0.3, 0.4) is 0 Å². The van der Waals surface area contributed by atoms with E-state index in [4.69, 9.17) is 9.52 Å². The SMILES string of the molecule is O=C(CNC(=O)c1ccoc1)NCc1cn(-c2ccccc2)nc1-c1ccccc1. The zero-order valence-electron chi connectivity index (χ0n) is 16.1. The molecule has 0 spiro atoms. The predicted octanol–water partition coefficient (Wildman–Crippen LogP) is 3.18. The average Bonchev–Trinajstić information content (AvgIpc) is 3.48. The van der Waals surface area contributed by atoms with Crippen LogP contribution in [-0.4, -0.2) is 28.1 Å². The normalized spacial score (nSPS) is 10.5. The Kier molecular flexibility index (Phi) is 5.70. The molecular weight excluding hydrogens is 380 g/mol. The second-order valence-corrected chi connectivity index (χ2v) is 6.62. The fourth-order valence-corrected chi connectivity index (χ4v) is 3.00. The van der Waals surface area contributed by atoms with Crippen LogP contribution in [0.15, 0.2) is 89.9 Å². The van der Waals surface area contributed by atoms with Crippen molar-refractivity contribution in [1.29, 1.82) is 0 Å². The summed E-state index contributed by atoms with van der Waals surface area (Å²) >= 11 is 0. The van der Waals surface area contributed by atoms with Gasteiger partial charge in [0.05, 0.1) is 29.8 Å². The number of rotatable bonds is 7.